The summed E-state index contributed by atoms with van der Waals surface area (Å²) in [5.74, 6) is 1.05. The minimum atomic E-state index is -0.808. The van der Waals surface area contributed by atoms with Crippen LogP contribution in [-0.2, 0) is 16.1 Å². The van der Waals surface area contributed by atoms with Gasteiger partial charge in [-0.2, -0.15) is 0 Å². The normalized spacial score (nSPS) is 22.0. The summed E-state index contributed by atoms with van der Waals surface area (Å²) >= 11 is 1.59. The van der Waals surface area contributed by atoms with Gasteiger partial charge in [-0.15, -0.1) is 21.5 Å². The monoisotopic (exact) mass is 844 g/mol. The minimum absolute atomic E-state index is 0.0663. The molecule has 61 heavy (non-hydrogen) atoms. The number of likely N-dealkylation sites (tertiary alicyclic amines) is 2. The summed E-state index contributed by atoms with van der Waals surface area (Å²) in [7, 11) is 0. The number of amides is 2. The second kappa shape index (κ2) is 17.0. The molecule has 2 saturated heterocycles. The Morgan fingerprint density at radius 1 is 1.02 bits per heavy atom. The number of phenols is 1. The first-order valence-electron chi connectivity index (χ1n) is 21.2. The molecule has 0 bridgehead atoms. The second-order valence-corrected chi connectivity index (χ2v) is 18.2. The van der Waals surface area contributed by atoms with Gasteiger partial charge in [0.2, 0.25) is 11.8 Å². The number of ether oxygens (including phenoxy) is 1. The van der Waals surface area contributed by atoms with Crippen LogP contribution in [0.4, 0.5) is 0 Å². The molecule has 15 heteroatoms. The van der Waals surface area contributed by atoms with Gasteiger partial charge in [0, 0.05) is 61.9 Å². The topological polar surface area (TPSA) is 183 Å². The number of para-hydroxylation sites is 1. The van der Waals surface area contributed by atoms with Crippen molar-refractivity contribution < 1.29 is 29.1 Å². The van der Waals surface area contributed by atoms with Crippen molar-refractivity contribution in [2.75, 3.05) is 32.8 Å². The smallest absolute Gasteiger partial charge is 0.254 e. The molecule has 14 nitrogen and oxygen atoms in total. The standard InChI is InChI=1S/C46H52N8O6S/c1-25(2)41(46(58)54-23-33(55)17-37(54)45(57)47-20-28-9-11-29(12-10-28)43-27(4)48-24-61-43)39-19-40(52-60-39)59-14-13-53-21-31-15-30(16-32(31)22-53)42-26(3)35-18-36(50-51-44(35)49-42)34-7-5-6-8-38(34)56/h5-12,18-19,24-25,30-33,37,41,55-56H,13-17,20-23H2,1-4H3,(H,47,57)(H,49,51)/t30?,31-,32+,33-,37+,41-/m1/s1. The quantitative estimate of drug-likeness (QED) is 0.0986. The summed E-state index contributed by atoms with van der Waals surface area (Å²) < 4.78 is 11.8. The van der Waals surface area contributed by atoms with Crippen LogP contribution in [-0.4, -0.2) is 102 Å². The first kappa shape index (κ1) is 40.7. The van der Waals surface area contributed by atoms with E-state index < -0.39 is 18.1 Å². The number of aliphatic hydroxyl groups excluding tert-OH is 1. The van der Waals surface area contributed by atoms with Crippen molar-refractivity contribution in [3.63, 3.8) is 0 Å². The number of nitrogens with one attached hydrogen (secondary N) is 2. The van der Waals surface area contributed by atoms with Gasteiger partial charge < -0.3 is 34.7 Å². The van der Waals surface area contributed by atoms with Gasteiger partial charge in [-0.3, -0.25) is 14.5 Å². The number of aliphatic hydroxyl groups is 1. The molecule has 6 aromatic rings. The third-order valence-corrected chi connectivity index (χ3v) is 13.9. The number of phenolic OH excluding ortho intramolecular Hbond substituents is 1. The highest BCUT2D eigenvalue weighted by atomic mass is 32.1. The SMILES string of the molecule is Cc1ncsc1-c1ccc(CNC(=O)[C@@H]2C[C@@H](O)CN2C(=O)[C@@H](c2cc(OCCN3C[C@H]4CC(c5[nH]c6nnc(-c7ccccc7O)cc6c5C)C[C@H]4C3)no2)C(C)C)cc1. The van der Waals surface area contributed by atoms with Gasteiger partial charge in [0.05, 0.1) is 27.9 Å². The van der Waals surface area contributed by atoms with Crippen molar-refractivity contribution in [2.24, 2.45) is 17.8 Å². The van der Waals surface area contributed by atoms with Gasteiger partial charge in [-0.05, 0) is 90.4 Å². The Balaban J connectivity index is 0.764. The van der Waals surface area contributed by atoms with Crippen LogP contribution in [0.2, 0.25) is 0 Å². The maximum Gasteiger partial charge on any atom is 0.254 e. The zero-order valence-electron chi connectivity index (χ0n) is 34.9. The molecule has 0 spiro atoms. The first-order chi connectivity index (χ1) is 29.5. The number of H-pyrrole nitrogens is 1. The number of benzene rings is 2. The summed E-state index contributed by atoms with van der Waals surface area (Å²) in [4.78, 5) is 40.6. The number of hydrogen-bond donors (Lipinski definition) is 4. The van der Waals surface area contributed by atoms with Crippen LogP contribution in [0.15, 0.2) is 70.7 Å². The molecule has 9 rings (SSSR count). The van der Waals surface area contributed by atoms with Crippen LogP contribution in [0.1, 0.15) is 73.2 Å². The zero-order valence-corrected chi connectivity index (χ0v) is 35.7. The van der Waals surface area contributed by atoms with E-state index in [1.54, 1.807) is 29.5 Å². The number of thiazole rings is 1. The van der Waals surface area contributed by atoms with Gasteiger partial charge in [0.1, 0.15) is 24.3 Å². The predicted molar refractivity (Wildman–Crippen MR) is 231 cm³/mol. The lowest BCUT2D eigenvalue weighted by Gasteiger charge is -2.28. The van der Waals surface area contributed by atoms with E-state index in [1.807, 2.05) is 68.7 Å². The molecule has 2 amide bonds. The Hall–Kier alpha value is -5.64. The number of aromatic nitrogens is 5. The highest BCUT2D eigenvalue weighted by molar-refractivity contribution is 7.13. The van der Waals surface area contributed by atoms with Crippen molar-refractivity contribution in [3.8, 4) is 33.3 Å². The van der Waals surface area contributed by atoms with Gasteiger partial charge in [-0.1, -0.05) is 50.2 Å². The Labute approximate surface area is 358 Å². The Bertz CT molecular complexity index is 2520. The van der Waals surface area contributed by atoms with Crippen LogP contribution >= 0.6 is 11.3 Å². The number of aryl methyl sites for hydroxylation is 2. The summed E-state index contributed by atoms with van der Waals surface area (Å²) in [5.41, 5.74) is 9.37. The lowest BCUT2D eigenvalue weighted by atomic mass is 9.91. The van der Waals surface area contributed by atoms with Crippen LogP contribution in [0.3, 0.4) is 0 Å². The van der Waals surface area contributed by atoms with Crippen molar-refractivity contribution in [2.45, 2.75) is 77.5 Å². The molecule has 6 atom stereocenters. The van der Waals surface area contributed by atoms with Crippen molar-refractivity contribution in [1.82, 2.24) is 40.4 Å². The molecule has 6 heterocycles. The van der Waals surface area contributed by atoms with E-state index in [1.165, 1.54) is 16.2 Å². The van der Waals surface area contributed by atoms with Crippen molar-refractivity contribution in [1.29, 1.82) is 0 Å². The van der Waals surface area contributed by atoms with Gasteiger partial charge in [0.25, 0.3) is 5.88 Å². The lowest BCUT2D eigenvalue weighted by molar-refractivity contribution is -0.141. The molecule has 3 fully saturated rings. The van der Waals surface area contributed by atoms with E-state index in [0.717, 1.165) is 65.2 Å². The predicted octanol–water partition coefficient (Wildman–Crippen LogP) is 6.58. The van der Waals surface area contributed by atoms with Crippen LogP contribution < -0.4 is 10.1 Å². The Morgan fingerprint density at radius 3 is 2.51 bits per heavy atom. The fourth-order valence-corrected chi connectivity index (χ4v) is 10.6. The number of rotatable bonds is 13. The molecule has 0 radical (unpaired) electrons. The highest BCUT2D eigenvalue weighted by Crippen LogP contribution is 2.47. The van der Waals surface area contributed by atoms with Crippen LogP contribution in [0, 0.1) is 31.6 Å². The van der Waals surface area contributed by atoms with Gasteiger partial charge in [-0.25, -0.2) is 4.98 Å². The number of nitrogens with zero attached hydrogens (tertiary/aromatic N) is 6. The number of carbonyl (C=O) groups is 2. The minimum Gasteiger partial charge on any atom is -0.507 e. The van der Waals surface area contributed by atoms with Gasteiger partial charge >= 0.3 is 0 Å². The fourth-order valence-electron chi connectivity index (χ4n) is 9.83. The number of β-amino-alcohol motifs (C(OH)–C–C–N with tert-alkyl or cyclic N) is 1. The molecule has 318 valence electrons. The number of hydrogen-bond acceptors (Lipinski definition) is 12. The number of aromatic amines is 1. The molecular formula is C46H52N8O6S. The summed E-state index contributed by atoms with van der Waals surface area (Å²) in [6.07, 6.45) is 1.56. The fraction of sp³-hybridized carbons (Fsp3) is 0.435. The number of fused-ring (bicyclic) bond motifs is 2. The molecule has 2 aliphatic heterocycles. The van der Waals surface area contributed by atoms with E-state index >= 15 is 0 Å². The maximum absolute atomic E-state index is 14.1. The zero-order chi connectivity index (χ0) is 42.4. The maximum atomic E-state index is 14.1. The Kier molecular flexibility index (Phi) is 11.4. The Morgan fingerprint density at radius 2 is 1.79 bits per heavy atom. The molecule has 1 saturated carbocycles. The van der Waals surface area contributed by atoms with Crippen molar-refractivity contribution in [3.05, 3.63) is 94.4 Å². The van der Waals surface area contributed by atoms with Gasteiger partial charge in [0.15, 0.2) is 11.4 Å². The van der Waals surface area contributed by atoms with Crippen molar-refractivity contribution >= 4 is 34.2 Å². The van der Waals surface area contributed by atoms with E-state index in [2.05, 4.69) is 42.5 Å². The highest BCUT2D eigenvalue weighted by Gasteiger charge is 2.44. The summed E-state index contributed by atoms with van der Waals surface area (Å²) in [6, 6.07) is 18.1. The molecule has 2 aromatic carbocycles. The second-order valence-electron chi connectivity index (χ2n) is 17.3. The molecule has 1 aliphatic carbocycles. The number of aromatic hydroxyl groups is 1. The van der Waals surface area contributed by atoms with E-state index in [0.29, 0.717) is 53.8 Å². The van der Waals surface area contributed by atoms with E-state index in [4.69, 9.17) is 9.26 Å². The van der Waals surface area contributed by atoms with E-state index in [9.17, 15) is 19.8 Å². The molecule has 1 unspecified atom stereocenters. The van der Waals surface area contributed by atoms with Crippen LogP contribution in [0.25, 0.3) is 32.7 Å². The third kappa shape index (κ3) is 8.26. The van der Waals surface area contributed by atoms with E-state index in [-0.39, 0.29) is 36.4 Å². The third-order valence-electron chi connectivity index (χ3n) is 13.0. The molecular weight excluding hydrogens is 793 g/mol. The average Bonchev–Trinajstić information content (AvgIpc) is 4.11. The first-order valence-corrected chi connectivity index (χ1v) is 22.1. The average molecular weight is 845 g/mol. The largest absolute Gasteiger partial charge is 0.507 e. The molecule has 3 aliphatic rings. The summed E-state index contributed by atoms with van der Waals surface area (Å²) in [5, 5.41) is 38.1. The lowest BCUT2D eigenvalue weighted by Crippen LogP contribution is -2.48. The summed E-state index contributed by atoms with van der Waals surface area (Å²) in [6.45, 7) is 11.6. The molecule has 4 aromatic heterocycles. The number of carbonyl (C=O) groups excluding carboxylic acids is 2. The molecule has 4 N–H and O–H groups in total. The van der Waals surface area contributed by atoms with Crippen LogP contribution in [0.5, 0.6) is 11.6 Å².